The van der Waals surface area contributed by atoms with Gasteiger partial charge in [0.2, 0.25) is 0 Å². The first-order valence-electron chi connectivity index (χ1n) is 10.9. The number of hydrogen-bond donors (Lipinski definition) is 0. The second-order valence-electron chi connectivity index (χ2n) is 7.70. The molecule has 4 rings (SSSR count). The molecule has 9 nitrogen and oxygen atoms in total. The lowest BCUT2D eigenvalue weighted by atomic mass is 10.0. The largest absolute Gasteiger partial charge is 0.463 e. The number of carbonyl (C=O) groups is 3. The lowest BCUT2D eigenvalue weighted by Crippen LogP contribution is -2.39. The minimum absolute atomic E-state index is 0.130. The summed E-state index contributed by atoms with van der Waals surface area (Å²) in [7, 11) is 0. The Morgan fingerprint density at radius 3 is 2.53 bits per heavy atom. The highest BCUT2D eigenvalue weighted by molar-refractivity contribution is 7.10. The van der Waals surface area contributed by atoms with Crippen molar-refractivity contribution in [3.05, 3.63) is 77.1 Å². The van der Waals surface area contributed by atoms with Crippen molar-refractivity contribution < 1.29 is 28.6 Å². The summed E-state index contributed by atoms with van der Waals surface area (Å²) >= 11 is 2.58. The van der Waals surface area contributed by atoms with Crippen molar-refractivity contribution in [1.29, 1.82) is 0 Å². The van der Waals surface area contributed by atoms with Crippen molar-refractivity contribution in [1.82, 2.24) is 4.57 Å². The molecule has 36 heavy (non-hydrogen) atoms. The van der Waals surface area contributed by atoms with Crippen LogP contribution in [0.3, 0.4) is 0 Å². The number of thiophene rings is 1. The lowest BCUT2D eigenvalue weighted by molar-refractivity contribution is -0.139. The monoisotopic (exact) mass is 526 g/mol. The molecule has 1 atom stereocenters. The molecular formula is C25H22N2O7S2. The third kappa shape index (κ3) is 5.07. The molecule has 0 radical (unpaired) electrons. The highest BCUT2D eigenvalue weighted by Gasteiger charge is 2.33. The normalized spacial score (nSPS) is 15.2. The van der Waals surface area contributed by atoms with Gasteiger partial charge in [-0.05, 0) is 43.5 Å². The van der Waals surface area contributed by atoms with Crippen LogP contribution in [-0.2, 0) is 19.1 Å². The Morgan fingerprint density at radius 2 is 1.89 bits per heavy atom. The minimum atomic E-state index is -0.679. The number of rotatable bonds is 6. The molecule has 0 fully saturated rings. The van der Waals surface area contributed by atoms with E-state index in [1.54, 1.807) is 26.0 Å². The third-order valence-electron chi connectivity index (χ3n) is 5.12. The van der Waals surface area contributed by atoms with Crippen LogP contribution in [0.1, 0.15) is 44.2 Å². The summed E-state index contributed by atoms with van der Waals surface area (Å²) in [5.74, 6) is -1.29. The molecule has 0 bridgehead atoms. The molecule has 3 heterocycles. The van der Waals surface area contributed by atoms with E-state index < -0.39 is 23.9 Å². The van der Waals surface area contributed by atoms with Gasteiger partial charge in [0.1, 0.15) is 17.5 Å². The molecule has 0 N–H and O–H groups in total. The van der Waals surface area contributed by atoms with Crippen LogP contribution in [-0.4, -0.2) is 29.1 Å². The van der Waals surface area contributed by atoms with Crippen LogP contribution >= 0.6 is 22.7 Å². The van der Waals surface area contributed by atoms with E-state index in [0.29, 0.717) is 26.2 Å². The topological polar surface area (TPSA) is 113 Å². The SMILES string of the molecule is CCOC(=O)C1=C(C)N=c2s/c(=C/c3ccc(OC(C)=O)cc3OC(C)=O)c(=O)n2[C@@H]1c1cccs1. The Morgan fingerprint density at radius 1 is 1.14 bits per heavy atom. The molecule has 1 aliphatic rings. The molecule has 2 aromatic heterocycles. The Kier molecular flexibility index (Phi) is 7.32. The Labute approximate surface area is 213 Å². The lowest BCUT2D eigenvalue weighted by Gasteiger charge is -2.23. The third-order valence-corrected chi connectivity index (χ3v) is 7.02. The second kappa shape index (κ2) is 10.4. The van der Waals surface area contributed by atoms with E-state index in [0.717, 1.165) is 16.2 Å². The second-order valence-corrected chi connectivity index (χ2v) is 9.69. The smallest absolute Gasteiger partial charge is 0.338 e. The average molecular weight is 527 g/mol. The molecule has 0 amide bonds. The van der Waals surface area contributed by atoms with Crippen LogP contribution in [0.5, 0.6) is 11.5 Å². The number of ether oxygens (including phenoxy) is 3. The van der Waals surface area contributed by atoms with Gasteiger partial charge in [-0.2, -0.15) is 0 Å². The van der Waals surface area contributed by atoms with Crippen LogP contribution in [0.4, 0.5) is 0 Å². The number of esters is 3. The number of nitrogens with zero attached hydrogens (tertiary/aromatic N) is 2. The molecule has 3 aromatic rings. The molecule has 1 aromatic carbocycles. The molecule has 1 aliphatic heterocycles. The number of carbonyl (C=O) groups excluding carboxylic acids is 3. The molecule has 0 saturated carbocycles. The number of aromatic nitrogens is 1. The molecule has 0 unspecified atom stereocenters. The van der Waals surface area contributed by atoms with Crippen LogP contribution in [0.2, 0.25) is 0 Å². The first-order valence-corrected chi connectivity index (χ1v) is 12.6. The summed E-state index contributed by atoms with van der Waals surface area (Å²) in [4.78, 5) is 55.2. The van der Waals surface area contributed by atoms with Gasteiger partial charge < -0.3 is 14.2 Å². The maximum atomic E-state index is 13.6. The quantitative estimate of drug-likeness (QED) is 0.358. The van der Waals surface area contributed by atoms with Gasteiger partial charge in [-0.25, -0.2) is 9.79 Å². The van der Waals surface area contributed by atoms with E-state index in [2.05, 4.69) is 4.99 Å². The summed E-state index contributed by atoms with van der Waals surface area (Å²) in [6.45, 7) is 6.14. The van der Waals surface area contributed by atoms with Gasteiger partial charge in [0, 0.05) is 30.4 Å². The first-order chi connectivity index (χ1) is 17.2. The fourth-order valence-corrected chi connectivity index (χ4v) is 5.62. The fourth-order valence-electron chi connectivity index (χ4n) is 3.76. The number of hydrogen-bond acceptors (Lipinski definition) is 10. The van der Waals surface area contributed by atoms with Crippen LogP contribution in [0, 0.1) is 0 Å². The highest BCUT2D eigenvalue weighted by atomic mass is 32.1. The first kappa shape index (κ1) is 25.3. The zero-order valence-electron chi connectivity index (χ0n) is 19.9. The van der Waals surface area contributed by atoms with Crippen LogP contribution in [0.15, 0.2) is 56.8 Å². The van der Waals surface area contributed by atoms with E-state index in [9.17, 15) is 19.2 Å². The van der Waals surface area contributed by atoms with E-state index in [4.69, 9.17) is 14.2 Å². The van der Waals surface area contributed by atoms with Crippen LogP contribution < -0.4 is 24.4 Å². The summed E-state index contributed by atoms with van der Waals surface area (Å²) in [5.41, 5.74) is 0.861. The van der Waals surface area contributed by atoms with Gasteiger partial charge in [0.25, 0.3) is 5.56 Å². The van der Waals surface area contributed by atoms with E-state index in [-0.39, 0.29) is 23.7 Å². The molecule has 0 saturated heterocycles. The number of allylic oxidation sites excluding steroid dienone is 1. The van der Waals surface area contributed by atoms with Crippen molar-refractivity contribution in [2.45, 2.75) is 33.7 Å². The van der Waals surface area contributed by atoms with Gasteiger partial charge in [0.15, 0.2) is 4.80 Å². The Balaban J connectivity index is 1.89. The highest BCUT2D eigenvalue weighted by Crippen LogP contribution is 2.33. The Bertz CT molecular complexity index is 1560. The average Bonchev–Trinajstić information content (AvgIpc) is 3.43. The van der Waals surface area contributed by atoms with Crippen molar-refractivity contribution >= 4 is 46.7 Å². The van der Waals surface area contributed by atoms with E-state index in [1.807, 2.05) is 17.5 Å². The zero-order chi connectivity index (χ0) is 26.0. The molecule has 0 aliphatic carbocycles. The summed E-state index contributed by atoms with van der Waals surface area (Å²) in [6.07, 6.45) is 1.58. The number of benzene rings is 1. The molecular weight excluding hydrogens is 504 g/mol. The van der Waals surface area contributed by atoms with Crippen LogP contribution in [0.25, 0.3) is 6.08 Å². The maximum Gasteiger partial charge on any atom is 0.338 e. The molecule has 11 heteroatoms. The van der Waals surface area contributed by atoms with Gasteiger partial charge in [-0.1, -0.05) is 17.4 Å². The van der Waals surface area contributed by atoms with Gasteiger partial charge in [-0.15, -0.1) is 11.3 Å². The number of fused-ring (bicyclic) bond motifs is 1. The Hall–Kier alpha value is -3.83. The van der Waals surface area contributed by atoms with Gasteiger partial charge >= 0.3 is 17.9 Å². The van der Waals surface area contributed by atoms with Crippen molar-refractivity contribution in [3.63, 3.8) is 0 Å². The van der Waals surface area contributed by atoms with Crippen molar-refractivity contribution in [2.75, 3.05) is 6.61 Å². The zero-order valence-corrected chi connectivity index (χ0v) is 21.5. The summed E-state index contributed by atoms with van der Waals surface area (Å²) < 4.78 is 17.5. The predicted molar refractivity (Wildman–Crippen MR) is 134 cm³/mol. The molecule has 0 spiro atoms. The van der Waals surface area contributed by atoms with Crippen molar-refractivity contribution in [2.24, 2.45) is 4.99 Å². The van der Waals surface area contributed by atoms with E-state index >= 15 is 0 Å². The minimum Gasteiger partial charge on any atom is -0.463 e. The van der Waals surface area contributed by atoms with Crippen molar-refractivity contribution in [3.8, 4) is 11.5 Å². The standard InChI is InChI=1S/C25H22N2O7S2/c1-5-32-24(31)21-13(2)26-25-27(22(21)19-7-6-10-35-19)23(30)20(36-25)11-16-8-9-17(33-14(3)28)12-18(16)34-15(4)29/h6-12,22H,5H2,1-4H3/b20-11+/t22-/m1/s1. The van der Waals surface area contributed by atoms with E-state index in [1.165, 1.54) is 41.9 Å². The fraction of sp³-hybridized carbons (Fsp3) is 0.240. The van der Waals surface area contributed by atoms with Gasteiger partial charge in [-0.3, -0.25) is 19.0 Å². The summed E-state index contributed by atoms with van der Waals surface area (Å²) in [6, 6.07) is 7.56. The maximum absolute atomic E-state index is 13.6. The van der Waals surface area contributed by atoms with Gasteiger partial charge in [0.05, 0.1) is 22.4 Å². The number of thiazole rings is 1. The predicted octanol–water partition coefficient (Wildman–Crippen LogP) is 2.71. The molecule has 186 valence electrons. The summed E-state index contributed by atoms with van der Waals surface area (Å²) in [5, 5.41) is 1.87.